The summed E-state index contributed by atoms with van der Waals surface area (Å²) in [5.74, 6) is -0.984. The van der Waals surface area contributed by atoms with Crippen LogP contribution in [0.4, 0.5) is 0 Å². The van der Waals surface area contributed by atoms with Crippen LogP contribution in [0.25, 0.3) is 10.8 Å². The number of rotatable bonds is 2. The number of nitrogens with zero attached hydrogens (tertiary/aromatic N) is 1. The molecule has 2 atom stereocenters. The van der Waals surface area contributed by atoms with Gasteiger partial charge in [-0.15, -0.1) is 12.4 Å². The first kappa shape index (κ1) is 13.8. The van der Waals surface area contributed by atoms with Gasteiger partial charge in [0, 0.05) is 12.6 Å². The molecule has 0 amide bonds. The summed E-state index contributed by atoms with van der Waals surface area (Å²) in [6, 6.07) is 14.4. The molecule has 3 nitrogen and oxygen atoms in total. The molecule has 1 N–H and O–H groups in total. The van der Waals surface area contributed by atoms with Crippen molar-refractivity contribution in [1.29, 1.82) is 0 Å². The molecular formula is C15H16ClNO2. The summed E-state index contributed by atoms with van der Waals surface area (Å²) in [5, 5.41) is 11.5. The number of aliphatic carboxylic acids is 1. The zero-order valence-corrected chi connectivity index (χ0v) is 11.4. The van der Waals surface area contributed by atoms with E-state index in [0.29, 0.717) is 6.54 Å². The lowest BCUT2D eigenvalue weighted by Gasteiger charge is -2.44. The van der Waals surface area contributed by atoms with E-state index in [1.807, 2.05) is 25.2 Å². The predicted octanol–water partition coefficient (Wildman–Crippen LogP) is 2.95. The highest BCUT2D eigenvalue weighted by atomic mass is 35.5. The number of fused-ring (bicyclic) bond motifs is 1. The average molecular weight is 278 g/mol. The summed E-state index contributed by atoms with van der Waals surface area (Å²) in [6.45, 7) is 0.632. The van der Waals surface area contributed by atoms with Crippen molar-refractivity contribution in [2.75, 3.05) is 13.6 Å². The third-order valence-corrected chi connectivity index (χ3v) is 3.77. The van der Waals surface area contributed by atoms with Crippen LogP contribution in [0.1, 0.15) is 11.6 Å². The molecular weight excluding hydrogens is 262 g/mol. The summed E-state index contributed by atoms with van der Waals surface area (Å²) in [7, 11) is 1.97. The van der Waals surface area contributed by atoms with E-state index in [9.17, 15) is 4.79 Å². The quantitative estimate of drug-likeness (QED) is 0.917. The van der Waals surface area contributed by atoms with Crippen LogP contribution in [0, 0.1) is 5.92 Å². The number of carboxylic acid groups (broad SMARTS) is 1. The van der Waals surface area contributed by atoms with Crippen molar-refractivity contribution < 1.29 is 9.90 Å². The van der Waals surface area contributed by atoms with Gasteiger partial charge in [0.15, 0.2) is 0 Å². The van der Waals surface area contributed by atoms with Gasteiger partial charge in [0.1, 0.15) is 0 Å². The Morgan fingerprint density at radius 1 is 1.21 bits per heavy atom. The largest absolute Gasteiger partial charge is 0.481 e. The van der Waals surface area contributed by atoms with Crippen molar-refractivity contribution in [2.24, 2.45) is 5.92 Å². The van der Waals surface area contributed by atoms with Gasteiger partial charge in [0.05, 0.1) is 5.92 Å². The van der Waals surface area contributed by atoms with Crippen molar-refractivity contribution in [2.45, 2.75) is 6.04 Å². The molecule has 0 saturated carbocycles. The summed E-state index contributed by atoms with van der Waals surface area (Å²) in [6.07, 6.45) is 0. The van der Waals surface area contributed by atoms with E-state index >= 15 is 0 Å². The van der Waals surface area contributed by atoms with Crippen molar-refractivity contribution in [1.82, 2.24) is 4.90 Å². The summed E-state index contributed by atoms with van der Waals surface area (Å²) < 4.78 is 0. The summed E-state index contributed by atoms with van der Waals surface area (Å²) >= 11 is 0. The Hall–Kier alpha value is -1.58. The molecule has 2 unspecified atom stereocenters. The first-order valence-electron chi connectivity index (χ1n) is 6.08. The second-order valence-electron chi connectivity index (χ2n) is 4.94. The third-order valence-electron chi connectivity index (χ3n) is 3.77. The maximum atomic E-state index is 11.1. The SMILES string of the molecule is CN1CC(C(=O)O)C1c1ccc2ccccc2c1.Cl. The molecule has 0 aromatic heterocycles. The number of halogens is 1. The molecule has 1 fully saturated rings. The van der Waals surface area contributed by atoms with Crippen LogP contribution >= 0.6 is 12.4 Å². The molecule has 0 bridgehead atoms. The standard InChI is InChI=1S/C15H15NO2.ClH/c1-16-9-13(15(17)18)14(16)12-7-6-10-4-2-3-5-11(10)8-12;/h2-8,13-14H,9H2,1H3,(H,17,18);1H. The molecule has 1 aliphatic heterocycles. The zero-order valence-electron chi connectivity index (χ0n) is 10.6. The second-order valence-corrected chi connectivity index (χ2v) is 4.94. The fraction of sp³-hybridized carbons (Fsp3) is 0.267. The van der Waals surface area contributed by atoms with Crippen molar-refractivity contribution in [3.05, 3.63) is 48.0 Å². The number of carbonyl (C=O) groups is 1. The lowest BCUT2D eigenvalue weighted by Crippen LogP contribution is -2.50. The minimum atomic E-state index is -0.703. The highest BCUT2D eigenvalue weighted by Crippen LogP contribution is 2.38. The second kappa shape index (κ2) is 5.19. The van der Waals surface area contributed by atoms with Gasteiger partial charge >= 0.3 is 5.97 Å². The molecule has 1 aliphatic rings. The van der Waals surface area contributed by atoms with Crippen LogP contribution in [0.15, 0.2) is 42.5 Å². The predicted molar refractivity (Wildman–Crippen MR) is 77.7 cm³/mol. The van der Waals surface area contributed by atoms with E-state index in [1.54, 1.807) is 0 Å². The first-order chi connectivity index (χ1) is 8.66. The molecule has 0 radical (unpaired) electrons. The fourth-order valence-corrected chi connectivity index (χ4v) is 2.78. The summed E-state index contributed by atoms with van der Waals surface area (Å²) in [5.41, 5.74) is 1.09. The van der Waals surface area contributed by atoms with E-state index in [4.69, 9.17) is 5.11 Å². The number of hydrogen-bond donors (Lipinski definition) is 1. The number of hydrogen-bond acceptors (Lipinski definition) is 2. The van der Waals surface area contributed by atoms with E-state index in [0.717, 1.165) is 5.56 Å². The Morgan fingerprint density at radius 3 is 2.53 bits per heavy atom. The monoisotopic (exact) mass is 277 g/mol. The molecule has 2 aromatic carbocycles. The Kier molecular flexibility index (Phi) is 3.78. The van der Waals surface area contributed by atoms with Gasteiger partial charge in [0.25, 0.3) is 0 Å². The van der Waals surface area contributed by atoms with Crippen LogP contribution in [-0.4, -0.2) is 29.6 Å². The maximum absolute atomic E-state index is 11.1. The molecule has 3 rings (SSSR count). The number of benzene rings is 2. The summed E-state index contributed by atoms with van der Waals surface area (Å²) in [4.78, 5) is 13.2. The van der Waals surface area contributed by atoms with E-state index in [2.05, 4.69) is 29.2 Å². The Labute approximate surface area is 118 Å². The lowest BCUT2D eigenvalue weighted by molar-refractivity contribution is -0.151. The van der Waals surface area contributed by atoms with Crippen LogP contribution < -0.4 is 0 Å². The zero-order chi connectivity index (χ0) is 12.7. The molecule has 2 aromatic rings. The smallest absolute Gasteiger partial charge is 0.309 e. The van der Waals surface area contributed by atoms with Gasteiger partial charge in [-0.25, -0.2) is 0 Å². The average Bonchev–Trinajstić information content (AvgIpc) is 2.35. The Morgan fingerprint density at radius 2 is 1.89 bits per heavy atom. The van der Waals surface area contributed by atoms with Crippen LogP contribution in [0.3, 0.4) is 0 Å². The van der Waals surface area contributed by atoms with Gasteiger partial charge in [-0.3, -0.25) is 9.69 Å². The Balaban J connectivity index is 0.00000133. The van der Waals surface area contributed by atoms with Gasteiger partial charge in [-0.1, -0.05) is 36.4 Å². The number of carboxylic acids is 1. The molecule has 100 valence electrons. The van der Waals surface area contributed by atoms with Crippen molar-refractivity contribution >= 4 is 29.1 Å². The molecule has 1 saturated heterocycles. The first-order valence-corrected chi connectivity index (χ1v) is 6.08. The van der Waals surface area contributed by atoms with Gasteiger partial charge in [0.2, 0.25) is 0 Å². The van der Waals surface area contributed by atoms with E-state index < -0.39 is 5.97 Å². The molecule has 4 heteroatoms. The van der Waals surface area contributed by atoms with E-state index in [-0.39, 0.29) is 24.4 Å². The van der Waals surface area contributed by atoms with Crippen LogP contribution in [-0.2, 0) is 4.79 Å². The van der Waals surface area contributed by atoms with Crippen molar-refractivity contribution in [3.63, 3.8) is 0 Å². The van der Waals surface area contributed by atoms with Crippen LogP contribution in [0.5, 0.6) is 0 Å². The highest BCUT2D eigenvalue weighted by molar-refractivity contribution is 5.85. The highest BCUT2D eigenvalue weighted by Gasteiger charge is 2.42. The van der Waals surface area contributed by atoms with Crippen LogP contribution in [0.2, 0.25) is 0 Å². The lowest BCUT2D eigenvalue weighted by atomic mass is 9.83. The molecule has 1 heterocycles. The number of likely N-dealkylation sites (tertiary alicyclic amines) is 1. The topological polar surface area (TPSA) is 40.5 Å². The normalized spacial score (nSPS) is 22.6. The van der Waals surface area contributed by atoms with Gasteiger partial charge < -0.3 is 5.11 Å². The molecule has 0 spiro atoms. The third kappa shape index (κ3) is 2.31. The maximum Gasteiger partial charge on any atom is 0.309 e. The molecule has 19 heavy (non-hydrogen) atoms. The van der Waals surface area contributed by atoms with E-state index in [1.165, 1.54) is 10.8 Å². The van der Waals surface area contributed by atoms with Crippen molar-refractivity contribution in [3.8, 4) is 0 Å². The van der Waals surface area contributed by atoms with Gasteiger partial charge in [-0.05, 0) is 29.4 Å². The minimum Gasteiger partial charge on any atom is -0.481 e. The Bertz CT molecular complexity index is 614. The van der Waals surface area contributed by atoms with Gasteiger partial charge in [-0.2, -0.15) is 0 Å². The fourth-order valence-electron chi connectivity index (χ4n) is 2.78. The molecule has 0 aliphatic carbocycles. The minimum absolute atomic E-state index is 0.